The van der Waals surface area contributed by atoms with Crippen LogP contribution < -0.4 is 5.73 Å². The quantitative estimate of drug-likeness (QED) is 0.680. The number of aliphatic hydroxyl groups excluding tert-OH is 1. The van der Waals surface area contributed by atoms with Gasteiger partial charge in [0.05, 0.1) is 12.4 Å². The molecule has 106 valence electrons. The van der Waals surface area contributed by atoms with Gasteiger partial charge in [0.25, 0.3) is 0 Å². The fraction of sp³-hybridized carbons (Fsp3) is 0.750. The van der Waals surface area contributed by atoms with E-state index in [-0.39, 0.29) is 13.2 Å². The highest BCUT2D eigenvalue weighted by Gasteiger charge is 2.17. The molecule has 18 heavy (non-hydrogen) atoms. The van der Waals surface area contributed by atoms with Gasteiger partial charge in [-0.3, -0.25) is 4.79 Å². The zero-order chi connectivity index (χ0) is 14.0. The Balaban J connectivity index is 0.000000494. The smallest absolute Gasteiger partial charge is 0.317 e. The number of nitrogens with two attached hydrogens (primary N) is 1. The fourth-order valence-corrected chi connectivity index (χ4v) is 2.68. The van der Waals surface area contributed by atoms with Crippen LogP contribution in [-0.2, 0) is 4.79 Å². The van der Waals surface area contributed by atoms with E-state index in [0.29, 0.717) is 0 Å². The number of aliphatic hydroxyl groups is 1. The molecular formula is C12H24N2O3S. The maximum atomic E-state index is 9.24. The summed E-state index contributed by atoms with van der Waals surface area (Å²) < 4.78 is 0. The number of thioether (sulfide) groups is 1. The van der Waals surface area contributed by atoms with Crippen molar-refractivity contribution in [2.24, 2.45) is 5.73 Å². The molecule has 0 aromatic heterocycles. The van der Waals surface area contributed by atoms with E-state index in [9.17, 15) is 4.79 Å². The van der Waals surface area contributed by atoms with Gasteiger partial charge in [-0.05, 0) is 13.3 Å². The molecule has 4 N–H and O–H groups in total. The number of aliphatic carboxylic acids is 1. The van der Waals surface area contributed by atoms with Crippen LogP contribution in [-0.4, -0.2) is 46.7 Å². The summed E-state index contributed by atoms with van der Waals surface area (Å²) in [5.74, 6) is 0.117. The predicted molar refractivity (Wildman–Crippen MR) is 75.2 cm³/mol. The zero-order valence-electron chi connectivity index (χ0n) is 11.2. The summed E-state index contributed by atoms with van der Waals surface area (Å²) in [6, 6.07) is 0. The van der Waals surface area contributed by atoms with Crippen LogP contribution in [0.2, 0.25) is 0 Å². The third-order valence-corrected chi connectivity index (χ3v) is 3.86. The van der Waals surface area contributed by atoms with E-state index in [2.05, 4.69) is 24.5 Å². The van der Waals surface area contributed by atoms with Crippen molar-refractivity contribution >= 4 is 17.7 Å². The lowest BCUT2D eigenvalue weighted by atomic mass is 10.3. The standard InChI is InChI=1S/C10H19NOS.C2H5NO2/c1-3-4-6-11-8-13-10(5-7-12)9(11)2;3-1-2(4)5/h12H,3-8H2,1-2H3;1,3H2,(H,4,5). The molecule has 1 rings (SSSR count). The summed E-state index contributed by atoms with van der Waals surface area (Å²) >= 11 is 1.88. The molecule has 0 aromatic carbocycles. The summed E-state index contributed by atoms with van der Waals surface area (Å²) in [7, 11) is 0. The maximum Gasteiger partial charge on any atom is 0.317 e. The van der Waals surface area contributed by atoms with Crippen LogP contribution in [0, 0.1) is 0 Å². The van der Waals surface area contributed by atoms with E-state index in [1.807, 2.05) is 11.8 Å². The van der Waals surface area contributed by atoms with Gasteiger partial charge < -0.3 is 20.8 Å². The second-order valence-corrected chi connectivity index (χ2v) is 5.01. The van der Waals surface area contributed by atoms with Crippen LogP contribution in [0.25, 0.3) is 0 Å². The van der Waals surface area contributed by atoms with E-state index in [1.165, 1.54) is 30.0 Å². The molecule has 0 aliphatic carbocycles. The normalized spacial score (nSPS) is 14.6. The first-order valence-electron chi connectivity index (χ1n) is 6.17. The average molecular weight is 276 g/mol. The monoisotopic (exact) mass is 276 g/mol. The van der Waals surface area contributed by atoms with Crippen molar-refractivity contribution in [1.82, 2.24) is 4.90 Å². The fourth-order valence-electron chi connectivity index (χ4n) is 1.47. The van der Waals surface area contributed by atoms with E-state index in [0.717, 1.165) is 12.3 Å². The summed E-state index contributed by atoms with van der Waals surface area (Å²) in [4.78, 5) is 13.0. The highest BCUT2D eigenvalue weighted by atomic mass is 32.2. The summed E-state index contributed by atoms with van der Waals surface area (Å²) in [5.41, 5.74) is 5.95. The number of allylic oxidation sites excluding steroid dienone is 1. The van der Waals surface area contributed by atoms with Crippen molar-refractivity contribution in [3.63, 3.8) is 0 Å². The van der Waals surface area contributed by atoms with Gasteiger partial charge in [-0.2, -0.15) is 0 Å². The minimum atomic E-state index is -0.968. The number of rotatable bonds is 6. The summed E-state index contributed by atoms with van der Waals surface area (Å²) in [6.07, 6.45) is 3.35. The van der Waals surface area contributed by atoms with Crippen molar-refractivity contribution in [2.75, 3.05) is 25.6 Å². The Morgan fingerprint density at radius 1 is 1.56 bits per heavy atom. The van der Waals surface area contributed by atoms with Crippen LogP contribution in [0.4, 0.5) is 0 Å². The molecule has 1 aliphatic heterocycles. The van der Waals surface area contributed by atoms with Crippen molar-refractivity contribution in [3.8, 4) is 0 Å². The first-order valence-corrected chi connectivity index (χ1v) is 7.15. The van der Waals surface area contributed by atoms with Crippen molar-refractivity contribution in [1.29, 1.82) is 0 Å². The second kappa shape index (κ2) is 10.2. The van der Waals surface area contributed by atoms with Crippen LogP contribution in [0.5, 0.6) is 0 Å². The predicted octanol–water partition coefficient (Wildman–Crippen LogP) is 1.44. The summed E-state index contributed by atoms with van der Waals surface area (Å²) in [5, 5.41) is 16.4. The second-order valence-electron chi connectivity index (χ2n) is 3.97. The molecular weight excluding hydrogens is 252 g/mol. The number of unbranched alkanes of at least 4 members (excludes halogenated alkanes) is 1. The highest BCUT2D eigenvalue weighted by molar-refractivity contribution is 8.03. The molecule has 0 spiro atoms. The molecule has 0 bridgehead atoms. The molecule has 5 nitrogen and oxygen atoms in total. The molecule has 1 aliphatic rings. The number of carbonyl (C=O) groups is 1. The largest absolute Gasteiger partial charge is 0.480 e. The van der Waals surface area contributed by atoms with Crippen molar-refractivity contribution < 1.29 is 15.0 Å². The number of hydrogen-bond acceptors (Lipinski definition) is 5. The third kappa shape index (κ3) is 6.88. The molecule has 1 heterocycles. The summed E-state index contributed by atoms with van der Waals surface area (Å²) in [6.45, 7) is 5.56. The first-order chi connectivity index (χ1) is 8.56. The molecule has 0 unspecified atom stereocenters. The first kappa shape index (κ1) is 17.3. The number of nitrogens with zero attached hydrogens (tertiary/aromatic N) is 1. The minimum absolute atomic E-state index is 0.278. The van der Waals surface area contributed by atoms with Crippen molar-refractivity contribution in [2.45, 2.75) is 33.1 Å². The lowest BCUT2D eigenvalue weighted by molar-refractivity contribution is -0.135. The Hall–Kier alpha value is -0.720. The molecule has 0 radical (unpaired) electrons. The Labute approximate surface area is 113 Å². The Bertz CT molecular complexity index is 282. The SMILES string of the molecule is CCCCN1CSC(CCO)=C1C.NCC(=O)O. The number of hydrogen-bond donors (Lipinski definition) is 3. The van der Waals surface area contributed by atoms with Crippen LogP contribution in [0.3, 0.4) is 0 Å². The molecule has 0 aromatic rings. The molecule has 0 fully saturated rings. The van der Waals surface area contributed by atoms with Crippen molar-refractivity contribution in [3.05, 3.63) is 10.6 Å². The molecule has 6 heteroatoms. The van der Waals surface area contributed by atoms with Gasteiger partial charge in [0.15, 0.2) is 0 Å². The molecule has 0 saturated heterocycles. The Morgan fingerprint density at radius 2 is 2.17 bits per heavy atom. The van der Waals surface area contributed by atoms with Crippen LogP contribution in [0.15, 0.2) is 10.6 Å². The van der Waals surface area contributed by atoms with Gasteiger partial charge in [-0.25, -0.2) is 0 Å². The maximum absolute atomic E-state index is 9.24. The molecule has 0 saturated carbocycles. The lowest BCUT2D eigenvalue weighted by Crippen LogP contribution is -2.18. The van der Waals surface area contributed by atoms with Gasteiger partial charge in [0, 0.05) is 30.2 Å². The van der Waals surface area contributed by atoms with Crippen LogP contribution in [0.1, 0.15) is 33.1 Å². The Kier molecular flexibility index (Phi) is 9.82. The van der Waals surface area contributed by atoms with E-state index in [1.54, 1.807) is 0 Å². The van der Waals surface area contributed by atoms with E-state index >= 15 is 0 Å². The number of carboxylic acids is 1. The number of carboxylic acid groups (broad SMARTS) is 1. The zero-order valence-corrected chi connectivity index (χ0v) is 12.0. The van der Waals surface area contributed by atoms with Crippen LogP contribution >= 0.6 is 11.8 Å². The van der Waals surface area contributed by atoms with Gasteiger partial charge in [0.1, 0.15) is 0 Å². The molecule has 0 amide bonds. The van der Waals surface area contributed by atoms with E-state index < -0.39 is 5.97 Å². The van der Waals surface area contributed by atoms with E-state index in [4.69, 9.17) is 10.2 Å². The molecule has 0 atom stereocenters. The lowest BCUT2D eigenvalue weighted by Gasteiger charge is -2.18. The van der Waals surface area contributed by atoms with Gasteiger partial charge in [-0.15, -0.1) is 11.8 Å². The highest BCUT2D eigenvalue weighted by Crippen LogP contribution is 2.33. The average Bonchev–Trinajstić information content (AvgIpc) is 2.70. The van der Waals surface area contributed by atoms with Gasteiger partial charge in [0.2, 0.25) is 0 Å². The topological polar surface area (TPSA) is 86.8 Å². The third-order valence-electron chi connectivity index (χ3n) is 2.57. The minimum Gasteiger partial charge on any atom is -0.480 e. The van der Waals surface area contributed by atoms with Gasteiger partial charge >= 0.3 is 5.97 Å². The Morgan fingerprint density at radius 3 is 2.61 bits per heavy atom. The van der Waals surface area contributed by atoms with Gasteiger partial charge in [-0.1, -0.05) is 13.3 Å².